The normalized spacial score (nSPS) is 43.6. The standard InChI is InChI=1S/C28H41NO4/c1-24(2,3)27(6,32)19-14-25(4)20-13-17-9-10-18(30)22-21(17)28(25,23(33-22)26(19,5)31)11-12-29(20)15-16-7-8-16/h9-10,16,19-20,23,30-32H,7-8,11-15H2,1-6H3/t19-,20+,23-,25+,26+,27?,28-/m0/s1. The van der Waals surface area contributed by atoms with E-state index < -0.39 is 22.7 Å². The van der Waals surface area contributed by atoms with Gasteiger partial charge in [0.15, 0.2) is 11.5 Å². The molecule has 0 amide bonds. The Balaban J connectivity index is 1.57. The summed E-state index contributed by atoms with van der Waals surface area (Å²) >= 11 is 0. The van der Waals surface area contributed by atoms with Crippen LogP contribution >= 0.6 is 0 Å². The molecule has 5 heteroatoms. The van der Waals surface area contributed by atoms with Crippen LogP contribution in [-0.4, -0.2) is 56.7 Å². The number of hydrogen-bond acceptors (Lipinski definition) is 5. The molecule has 1 aromatic carbocycles. The molecule has 1 unspecified atom stereocenters. The van der Waals surface area contributed by atoms with Gasteiger partial charge >= 0.3 is 0 Å². The molecule has 2 bridgehead atoms. The van der Waals surface area contributed by atoms with E-state index in [0.717, 1.165) is 43.8 Å². The highest BCUT2D eigenvalue weighted by Crippen LogP contribution is 2.72. The monoisotopic (exact) mass is 455 g/mol. The van der Waals surface area contributed by atoms with E-state index in [1.54, 1.807) is 6.07 Å². The maximum absolute atomic E-state index is 12.3. The summed E-state index contributed by atoms with van der Waals surface area (Å²) in [7, 11) is 0. The summed E-state index contributed by atoms with van der Waals surface area (Å²) in [5, 5.41) is 35.0. The molecule has 1 spiro atoms. The summed E-state index contributed by atoms with van der Waals surface area (Å²) in [6.45, 7) is 14.5. The smallest absolute Gasteiger partial charge is 0.165 e. The van der Waals surface area contributed by atoms with Gasteiger partial charge in [0.25, 0.3) is 0 Å². The van der Waals surface area contributed by atoms with Crippen LogP contribution < -0.4 is 4.74 Å². The number of rotatable bonds is 3. The molecule has 2 saturated carbocycles. The van der Waals surface area contributed by atoms with E-state index in [-0.39, 0.29) is 22.5 Å². The number of phenolic OH excluding ortho intramolecular Hbond substituents is 1. The molecular weight excluding hydrogens is 414 g/mol. The Kier molecular flexibility index (Phi) is 4.22. The molecule has 2 heterocycles. The number of ether oxygens (including phenoxy) is 1. The topological polar surface area (TPSA) is 73.2 Å². The van der Waals surface area contributed by atoms with E-state index in [9.17, 15) is 15.3 Å². The van der Waals surface area contributed by atoms with Crippen LogP contribution in [-0.2, 0) is 11.8 Å². The van der Waals surface area contributed by atoms with E-state index in [1.165, 1.54) is 18.4 Å². The van der Waals surface area contributed by atoms with Gasteiger partial charge in [0.1, 0.15) is 11.7 Å². The van der Waals surface area contributed by atoms with Gasteiger partial charge in [-0.3, -0.25) is 4.90 Å². The predicted molar refractivity (Wildman–Crippen MR) is 128 cm³/mol. The van der Waals surface area contributed by atoms with Crippen molar-refractivity contribution in [1.82, 2.24) is 4.90 Å². The minimum Gasteiger partial charge on any atom is -0.504 e. The van der Waals surface area contributed by atoms with E-state index >= 15 is 0 Å². The number of piperidine rings is 1. The zero-order valence-electron chi connectivity index (χ0n) is 21.1. The largest absolute Gasteiger partial charge is 0.504 e. The lowest BCUT2D eigenvalue weighted by Gasteiger charge is -2.70. The minimum absolute atomic E-state index is 0.168. The highest BCUT2D eigenvalue weighted by molar-refractivity contribution is 5.62. The fraction of sp³-hybridized carbons (Fsp3) is 0.786. The first kappa shape index (κ1) is 22.2. The van der Waals surface area contributed by atoms with E-state index in [1.807, 2.05) is 13.8 Å². The molecule has 3 N–H and O–H groups in total. The van der Waals surface area contributed by atoms with Crippen molar-refractivity contribution in [3.63, 3.8) is 0 Å². The van der Waals surface area contributed by atoms with E-state index in [4.69, 9.17) is 4.74 Å². The van der Waals surface area contributed by atoms with E-state index in [2.05, 4.69) is 38.7 Å². The quantitative estimate of drug-likeness (QED) is 0.642. The summed E-state index contributed by atoms with van der Waals surface area (Å²) < 4.78 is 6.63. The van der Waals surface area contributed by atoms with Crippen molar-refractivity contribution in [3.05, 3.63) is 23.3 Å². The molecule has 5 nitrogen and oxygen atoms in total. The Morgan fingerprint density at radius 1 is 1.15 bits per heavy atom. The Bertz CT molecular complexity index is 1010. The molecule has 1 aromatic rings. The van der Waals surface area contributed by atoms with Gasteiger partial charge in [0.05, 0.1) is 5.60 Å². The van der Waals surface area contributed by atoms with Crippen molar-refractivity contribution in [2.24, 2.45) is 22.7 Å². The van der Waals surface area contributed by atoms with Crippen LogP contribution in [0.15, 0.2) is 12.1 Å². The van der Waals surface area contributed by atoms with E-state index in [0.29, 0.717) is 11.8 Å². The second-order valence-electron chi connectivity index (χ2n) is 13.6. The van der Waals surface area contributed by atoms with Crippen LogP contribution in [0.2, 0.25) is 0 Å². The lowest BCUT2D eigenvalue weighted by Crippen LogP contribution is -2.78. The summed E-state index contributed by atoms with van der Waals surface area (Å²) in [6, 6.07) is 4.19. The number of nitrogens with zero attached hydrogens (tertiary/aromatic N) is 1. The molecule has 2 aliphatic heterocycles. The van der Waals surface area contributed by atoms with Gasteiger partial charge in [-0.05, 0) is 80.9 Å². The molecule has 182 valence electrons. The van der Waals surface area contributed by atoms with Crippen molar-refractivity contribution in [2.75, 3.05) is 13.1 Å². The third-order valence-electron chi connectivity index (χ3n) is 11.0. The summed E-state index contributed by atoms with van der Waals surface area (Å²) in [5.74, 6) is 1.22. The zero-order chi connectivity index (χ0) is 23.8. The van der Waals surface area contributed by atoms with Crippen LogP contribution in [0.4, 0.5) is 0 Å². The number of phenols is 1. The fourth-order valence-corrected chi connectivity index (χ4v) is 8.50. The van der Waals surface area contributed by atoms with Crippen molar-refractivity contribution in [2.45, 2.75) is 102 Å². The Hall–Kier alpha value is -1.30. The first-order valence-electron chi connectivity index (χ1n) is 13.0. The SMILES string of the molecule is CC(C)(C)C(C)(O)[C@H]1C[C@]2(C)[C@H]3Cc4ccc(O)c5c4[C@@]2(CCN3CC2CC2)[C@@H](O5)[C@]1(C)O. The predicted octanol–water partition coefficient (Wildman–Crippen LogP) is 4.01. The molecule has 6 rings (SSSR count). The zero-order valence-corrected chi connectivity index (χ0v) is 21.1. The van der Waals surface area contributed by atoms with Gasteiger partial charge in [-0.1, -0.05) is 33.8 Å². The third kappa shape index (κ3) is 2.54. The van der Waals surface area contributed by atoms with Crippen molar-refractivity contribution in [1.29, 1.82) is 0 Å². The lowest BCUT2D eigenvalue weighted by atomic mass is 9.38. The van der Waals surface area contributed by atoms with Gasteiger partial charge in [-0.25, -0.2) is 0 Å². The second kappa shape index (κ2) is 6.27. The molecule has 33 heavy (non-hydrogen) atoms. The average molecular weight is 456 g/mol. The Morgan fingerprint density at radius 2 is 1.85 bits per heavy atom. The van der Waals surface area contributed by atoms with Crippen LogP contribution in [0.5, 0.6) is 11.5 Å². The number of benzene rings is 1. The third-order valence-corrected chi connectivity index (χ3v) is 11.0. The number of likely N-dealkylation sites (tertiary alicyclic amines) is 1. The minimum atomic E-state index is -1.24. The maximum Gasteiger partial charge on any atom is 0.165 e. The Labute approximate surface area is 198 Å². The molecule has 5 aliphatic rings. The molecular formula is C28H41NO4. The van der Waals surface area contributed by atoms with Crippen LogP contribution in [0.1, 0.15) is 78.4 Å². The molecule has 0 radical (unpaired) electrons. The van der Waals surface area contributed by atoms with Gasteiger partial charge in [0.2, 0.25) is 0 Å². The van der Waals surface area contributed by atoms with Gasteiger partial charge < -0.3 is 20.1 Å². The Morgan fingerprint density at radius 3 is 2.48 bits per heavy atom. The lowest BCUT2D eigenvalue weighted by molar-refractivity contribution is -0.262. The first-order valence-corrected chi connectivity index (χ1v) is 13.0. The van der Waals surface area contributed by atoms with Gasteiger partial charge in [0, 0.05) is 29.5 Å². The second-order valence-corrected chi connectivity index (χ2v) is 13.6. The van der Waals surface area contributed by atoms with Crippen LogP contribution in [0, 0.1) is 22.7 Å². The highest BCUT2D eigenvalue weighted by atomic mass is 16.5. The molecule has 7 atom stereocenters. The fourth-order valence-electron chi connectivity index (χ4n) is 8.50. The molecule has 3 fully saturated rings. The van der Waals surface area contributed by atoms with Gasteiger partial charge in [-0.2, -0.15) is 0 Å². The number of hydrogen-bond donors (Lipinski definition) is 3. The summed E-state index contributed by atoms with van der Waals surface area (Å²) in [6.07, 6.45) is 4.78. The molecule has 1 saturated heterocycles. The number of aliphatic hydroxyl groups is 2. The summed E-state index contributed by atoms with van der Waals surface area (Å²) in [5.41, 5.74) is -0.835. The highest BCUT2D eigenvalue weighted by Gasteiger charge is 2.77. The first-order chi connectivity index (χ1) is 15.2. The van der Waals surface area contributed by atoms with Crippen molar-refractivity contribution >= 4 is 0 Å². The van der Waals surface area contributed by atoms with Gasteiger partial charge in [-0.15, -0.1) is 0 Å². The number of aromatic hydroxyl groups is 1. The molecule has 0 aromatic heterocycles. The van der Waals surface area contributed by atoms with Crippen molar-refractivity contribution in [3.8, 4) is 11.5 Å². The maximum atomic E-state index is 12.3. The summed E-state index contributed by atoms with van der Waals surface area (Å²) in [4.78, 5) is 2.72. The van der Waals surface area contributed by atoms with Crippen LogP contribution in [0.25, 0.3) is 0 Å². The molecule has 3 aliphatic carbocycles. The van der Waals surface area contributed by atoms with Crippen LogP contribution in [0.3, 0.4) is 0 Å². The van der Waals surface area contributed by atoms with Crippen molar-refractivity contribution < 1.29 is 20.1 Å². The average Bonchev–Trinajstić information content (AvgIpc) is 3.44.